The summed E-state index contributed by atoms with van der Waals surface area (Å²) in [5.74, 6) is 0.522. The van der Waals surface area contributed by atoms with Gasteiger partial charge in [0.25, 0.3) is 0 Å². The van der Waals surface area contributed by atoms with E-state index in [0.717, 1.165) is 45.2 Å². The van der Waals surface area contributed by atoms with Crippen LogP contribution < -0.4 is 16.5 Å². The third-order valence-electron chi connectivity index (χ3n) is 9.04. The van der Waals surface area contributed by atoms with Gasteiger partial charge in [0.1, 0.15) is 6.29 Å². The lowest BCUT2D eigenvalue weighted by molar-refractivity contribution is -0.136. The van der Waals surface area contributed by atoms with Crippen molar-refractivity contribution in [2.24, 2.45) is 5.92 Å². The first-order valence-electron chi connectivity index (χ1n) is 14.3. The van der Waals surface area contributed by atoms with Crippen LogP contribution in [0.5, 0.6) is 0 Å². The third-order valence-corrected chi connectivity index (χ3v) is 9.04. The van der Waals surface area contributed by atoms with Crippen LogP contribution in [0.3, 0.4) is 0 Å². The van der Waals surface area contributed by atoms with Crippen molar-refractivity contribution in [2.45, 2.75) is 82.6 Å². The molecule has 12 heteroatoms. The molecule has 216 valence electrons. The molecule has 1 saturated carbocycles. The molecule has 39 heavy (non-hydrogen) atoms. The van der Waals surface area contributed by atoms with Crippen molar-refractivity contribution in [3.63, 3.8) is 0 Å². The summed E-state index contributed by atoms with van der Waals surface area (Å²) in [5, 5.41) is 0. The fraction of sp³-hybridized carbons (Fsp3) is 0.741. The second-order valence-electron chi connectivity index (χ2n) is 12.0. The van der Waals surface area contributed by atoms with Crippen LogP contribution >= 0.6 is 0 Å². The van der Waals surface area contributed by atoms with Gasteiger partial charge >= 0.3 is 11.9 Å². The Bertz CT molecular complexity index is 1230. The third kappa shape index (κ3) is 5.39. The molecule has 9 nitrogen and oxygen atoms in total. The molecule has 3 unspecified atom stereocenters. The molecule has 0 amide bonds. The molecular weight excluding hydrogens is 511 g/mol. The summed E-state index contributed by atoms with van der Waals surface area (Å²) in [6, 6.07) is 1.54. The lowest BCUT2D eigenvalue weighted by Crippen LogP contribution is -2.64. The zero-order valence-electron chi connectivity index (χ0n) is 22.8. The summed E-state index contributed by atoms with van der Waals surface area (Å²) in [6.07, 6.45) is 4.09. The molecule has 1 aliphatic carbocycles. The number of likely N-dealkylation sites (tertiary alicyclic amines) is 1. The number of rotatable bonds is 6. The van der Waals surface area contributed by atoms with Gasteiger partial charge in [0.2, 0.25) is 0 Å². The van der Waals surface area contributed by atoms with Gasteiger partial charge < -0.3 is 4.74 Å². The highest BCUT2D eigenvalue weighted by atomic mass is 19.4. The van der Waals surface area contributed by atoms with E-state index in [0.29, 0.717) is 44.3 Å². The fourth-order valence-corrected chi connectivity index (χ4v) is 7.04. The molecule has 0 radical (unpaired) electrons. The number of fused-ring (bicyclic) bond motifs is 1. The van der Waals surface area contributed by atoms with Crippen LogP contribution in [0.1, 0.15) is 62.6 Å². The number of hydrazine groups is 1. The van der Waals surface area contributed by atoms with E-state index in [4.69, 9.17) is 4.74 Å². The minimum atomic E-state index is -4.54. The second-order valence-corrected chi connectivity index (χ2v) is 12.0. The van der Waals surface area contributed by atoms with Gasteiger partial charge in [-0.05, 0) is 69.7 Å². The summed E-state index contributed by atoms with van der Waals surface area (Å²) < 4.78 is 51.1. The first-order valence-corrected chi connectivity index (χ1v) is 14.3. The van der Waals surface area contributed by atoms with Gasteiger partial charge in [-0.2, -0.15) is 13.2 Å². The highest BCUT2D eigenvalue weighted by Gasteiger charge is 2.42. The number of hydrogen-bond acceptors (Lipinski definition) is 7. The first kappa shape index (κ1) is 27.2. The Balaban J connectivity index is 1.31. The van der Waals surface area contributed by atoms with Gasteiger partial charge in [0, 0.05) is 37.6 Å². The molecule has 3 saturated heterocycles. The Kier molecular flexibility index (Phi) is 7.53. The average Bonchev–Trinajstić information content (AvgIpc) is 3.43. The molecule has 4 fully saturated rings. The maximum absolute atomic E-state index is 14.3. The second kappa shape index (κ2) is 10.8. The van der Waals surface area contributed by atoms with E-state index in [-0.39, 0.29) is 35.6 Å². The van der Waals surface area contributed by atoms with E-state index in [1.807, 2.05) is 0 Å². The molecule has 2 N–H and O–H groups in total. The largest absolute Gasteiger partial charge is 0.418 e. The van der Waals surface area contributed by atoms with E-state index in [1.54, 1.807) is 10.8 Å². The molecular formula is C27H40F3N7O2. The van der Waals surface area contributed by atoms with Gasteiger partial charge in [-0.15, -0.1) is 0 Å². The summed E-state index contributed by atoms with van der Waals surface area (Å²) in [4.78, 5) is 20.5. The number of piperidine rings is 1. The number of halogens is 3. The quantitative estimate of drug-likeness (QED) is 0.573. The Morgan fingerprint density at radius 2 is 1.95 bits per heavy atom. The van der Waals surface area contributed by atoms with Crippen LogP contribution in [0.15, 0.2) is 23.3 Å². The summed E-state index contributed by atoms with van der Waals surface area (Å²) >= 11 is 0. The van der Waals surface area contributed by atoms with Crippen LogP contribution in [0, 0.1) is 5.92 Å². The van der Waals surface area contributed by atoms with Crippen LogP contribution in [-0.2, 0) is 17.5 Å². The minimum Gasteiger partial charge on any atom is -0.378 e. The van der Waals surface area contributed by atoms with E-state index in [2.05, 4.69) is 39.5 Å². The summed E-state index contributed by atoms with van der Waals surface area (Å²) in [6.45, 7) is 6.37. The van der Waals surface area contributed by atoms with E-state index < -0.39 is 11.7 Å². The fourth-order valence-electron chi connectivity index (χ4n) is 7.04. The molecule has 0 aromatic carbocycles. The monoisotopic (exact) mass is 551 g/mol. The van der Waals surface area contributed by atoms with Crippen molar-refractivity contribution >= 4 is 5.52 Å². The SMILES string of the molecule is C[C@H]1CCCN(Cc2cc(C(F)(F)F)c3cn(C4CCCC(N(C5COC5)C5NNCN5C)C4)c(=O)n3c2)C1. The van der Waals surface area contributed by atoms with Crippen LogP contribution in [0.25, 0.3) is 5.52 Å². The van der Waals surface area contributed by atoms with Crippen molar-refractivity contribution < 1.29 is 17.9 Å². The van der Waals surface area contributed by atoms with Gasteiger partial charge in [0.15, 0.2) is 0 Å². The Morgan fingerprint density at radius 3 is 2.62 bits per heavy atom. The van der Waals surface area contributed by atoms with Crippen LogP contribution in [-0.4, -0.2) is 82.1 Å². The minimum absolute atomic E-state index is 0.00405. The normalized spacial score (nSPS) is 29.9. The maximum atomic E-state index is 14.3. The smallest absolute Gasteiger partial charge is 0.378 e. The number of hydrogen-bond donors (Lipinski definition) is 2. The van der Waals surface area contributed by atoms with Gasteiger partial charge in [-0.3, -0.25) is 23.7 Å². The molecule has 4 aliphatic rings. The lowest BCUT2D eigenvalue weighted by atomic mass is 9.88. The average molecular weight is 552 g/mol. The van der Waals surface area contributed by atoms with Crippen LogP contribution in [0.2, 0.25) is 0 Å². The lowest BCUT2D eigenvalue weighted by Gasteiger charge is -2.48. The number of ether oxygens (including phenoxy) is 1. The molecule has 6 rings (SSSR count). The van der Waals surface area contributed by atoms with E-state index >= 15 is 0 Å². The summed E-state index contributed by atoms with van der Waals surface area (Å²) in [7, 11) is 2.05. The van der Waals surface area contributed by atoms with E-state index in [1.165, 1.54) is 16.7 Å². The molecule has 2 aromatic rings. The number of nitrogens with one attached hydrogen (secondary N) is 2. The van der Waals surface area contributed by atoms with Crippen molar-refractivity contribution in [2.75, 3.05) is 40.0 Å². The molecule has 4 atom stereocenters. The number of imidazole rings is 1. The highest BCUT2D eigenvalue weighted by Crippen LogP contribution is 2.37. The first-order chi connectivity index (χ1) is 18.7. The van der Waals surface area contributed by atoms with Crippen molar-refractivity contribution in [3.05, 3.63) is 40.1 Å². The highest BCUT2D eigenvalue weighted by molar-refractivity contribution is 5.56. The van der Waals surface area contributed by atoms with Crippen molar-refractivity contribution in [1.29, 1.82) is 0 Å². The molecule has 0 bridgehead atoms. The van der Waals surface area contributed by atoms with E-state index in [9.17, 15) is 18.0 Å². The Labute approximate surface area is 226 Å². The number of aromatic nitrogens is 2. The van der Waals surface area contributed by atoms with Gasteiger partial charge in [-0.1, -0.05) is 6.92 Å². The molecule has 3 aliphatic heterocycles. The summed E-state index contributed by atoms with van der Waals surface area (Å²) in [5.41, 5.74) is 5.91. The molecule has 5 heterocycles. The predicted octanol–water partition coefficient (Wildman–Crippen LogP) is 2.82. The number of alkyl halides is 3. The van der Waals surface area contributed by atoms with Crippen molar-refractivity contribution in [3.8, 4) is 0 Å². The van der Waals surface area contributed by atoms with Crippen molar-refractivity contribution in [1.82, 2.24) is 34.5 Å². The standard InChI is InChI=1S/C27H40F3N7O2/c1-18-5-4-8-34(11-18)12-19-9-23(27(28,29)30)24-14-35(26(38)36(24)13-19)20-6-3-7-21(10-20)37(22-15-39-16-22)25-32-31-17-33(25)2/h9,13-14,18,20-22,25,31-32H,3-8,10-12,15-17H2,1-2H3/t18-,20?,21?,25?/m0/s1. The Morgan fingerprint density at radius 1 is 1.13 bits per heavy atom. The zero-order chi connectivity index (χ0) is 27.3. The predicted molar refractivity (Wildman–Crippen MR) is 141 cm³/mol. The topological polar surface area (TPSA) is 69.4 Å². The van der Waals surface area contributed by atoms with Gasteiger partial charge in [-0.25, -0.2) is 15.6 Å². The van der Waals surface area contributed by atoms with Crippen LogP contribution in [0.4, 0.5) is 13.2 Å². The Hall–Kier alpha value is -1.96. The zero-order valence-corrected chi connectivity index (χ0v) is 22.8. The number of nitrogens with zero attached hydrogens (tertiary/aromatic N) is 5. The van der Waals surface area contributed by atoms with Gasteiger partial charge in [0.05, 0.1) is 37.0 Å². The maximum Gasteiger partial charge on any atom is 0.418 e. The molecule has 0 spiro atoms. The number of pyridine rings is 1. The molecule has 2 aromatic heterocycles.